The molecule has 0 saturated carbocycles. The number of nitrogens with zero attached hydrogens (tertiary/aromatic N) is 2. The quantitative estimate of drug-likeness (QED) is 0.173. The van der Waals surface area contributed by atoms with Gasteiger partial charge in [0, 0.05) is 0 Å². The molecule has 0 fully saturated rings. The molecule has 40 heavy (non-hydrogen) atoms. The molecule has 2 heteroatoms. The monoisotopic (exact) mass is 506 g/mol. The molecule has 7 rings (SSSR count). The molecule has 0 atom stereocenters. The van der Waals surface area contributed by atoms with E-state index in [9.17, 15) is 5.26 Å². The van der Waals surface area contributed by atoms with E-state index < -0.39 is 0 Å². The van der Waals surface area contributed by atoms with Crippen molar-refractivity contribution in [2.24, 2.45) is 0 Å². The van der Waals surface area contributed by atoms with Crippen LogP contribution in [-0.2, 0) is 0 Å². The molecule has 0 saturated heterocycles. The number of fused-ring (bicyclic) bond motifs is 5. The Labute approximate surface area is 232 Å². The molecular weight excluding hydrogens is 484 g/mol. The molecule has 7 aromatic carbocycles. The summed E-state index contributed by atoms with van der Waals surface area (Å²) in [6.07, 6.45) is 0. The summed E-state index contributed by atoms with van der Waals surface area (Å²) in [5, 5.41) is 16.5. The van der Waals surface area contributed by atoms with Gasteiger partial charge in [-0.15, -0.1) is 0 Å². The Morgan fingerprint density at radius 3 is 1.65 bits per heavy atom. The van der Waals surface area contributed by atoms with Crippen LogP contribution in [0.15, 0.2) is 133 Å². The van der Waals surface area contributed by atoms with E-state index in [1.165, 1.54) is 37.9 Å². The molecule has 0 aromatic heterocycles. The summed E-state index contributed by atoms with van der Waals surface area (Å²) >= 11 is 0. The predicted molar refractivity (Wildman–Crippen MR) is 166 cm³/mol. The van der Waals surface area contributed by atoms with Crippen molar-refractivity contribution in [3.63, 3.8) is 0 Å². The maximum absolute atomic E-state index is 9.38. The molecule has 0 unspecified atom stereocenters. The van der Waals surface area contributed by atoms with Crippen LogP contribution in [-0.4, -0.2) is 0 Å². The number of nitriles is 1. The second-order valence-corrected chi connectivity index (χ2v) is 9.96. The molecule has 2 nitrogen and oxygen atoms in total. The van der Waals surface area contributed by atoms with Crippen molar-refractivity contribution < 1.29 is 0 Å². The van der Waals surface area contributed by atoms with Crippen molar-refractivity contribution in [2.75, 3.05) is 0 Å². The van der Waals surface area contributed by atoms with Crippen molar-refractivity contribution in [3.05, 3.63) is 150 Å². The van der Waals surface area contributed by atoms with E-state index in [0.29, 0.717) is 11.3 Å². The standard InChI is InChI=1S/C38H22N2/c1-40-30-18-15-28(16-19-30)34-22-38-33-20-17-29(26-7-3-2-4-8-26)21-36(33)35(27-13-11-25(24-39)12-14-27)23-37(38)32-10-6-5-9-31(32)34/h2-23H. The zero-order valence-corrected chi connectivity index (χ0v) is 21.6. The highest BCUT2D eigenvalue weighted by Crippen LogP contribution is 2.43. The largest absolute Gasteiger partial charge is 0.238 e. The smallest absolute Gasteiger partial charge is 0.187 e. The van der Waals surface area contributed by atoms with Crippen LogP contribution in [0.25, 0.3) is 70.5 Å². The minimum atomic E-state index is 0.639. The fourth-order valence-electron chi connectivity index (χ4n) is 5.73. The van der Waals surface area contributed by atoms with Crippen LogP contribution < -0.4 is 0 Å². The summed E-state index contributed by atoms with van der Waals surface area (Å²) in [5.74, 6) is 0. The molecular formula is C38H22N2. The van der Waals surface area contributed by atoms with E-state index >= 15 is 0 Å². The number of rotatable bonds is 3. The van der Waals surface area contributed by atoms with E-state index in [-0.39, 0.29) is 0 Å². The fraction of sp³-hybridized carbons (Fsp3) is 0. The first kappa shape index (κ1) is 23.4. The van der Waals surface area contributed by atoms with Crippen LogP contribution in [0.2, 0.25) is 0 Å². The number of benzene rings is 7. The maximum atomic E-state index is 9.38. The lowest BCUT2D eigenvalue weighted by atomic mass is 9.86. The van der Waals surface area contributed by atoms with Gasteiger partial charge in [0.1, 0.15) is 0 Å². The van der Waals surface area contributed by atoms with E-state index in [1.54, 1.807) is 0 Å². The van der Waals surface area contributed by atoms with Crippen LogP contribution in [0.5, 0.6) is 0 Å². The molecule has 0 radical (unpaired) electrons. The van der Waals surface area contributed by atoms with Crippen molar-refractivity contribution in [1.29, 1.82) is 5.26 Å². The average Bonchev–Trinajstić information content (AvgIpc) is 3.04. The Morgan fingerprint density at radius 1 is 0.450 bits per heavy atom. The summed E-state index contributed by atoms with van der Waals surface area (Å²) < 4.78 is 0. The summed E-state index contributed by atoms with van der Waals surface area (Å²) in [5.41, 5.74) is 8.10. The van der Waals surface area contributed by atoms with Crippen molar-refractivity contribution >= 4 is 38.0 Å². The van der Waals surface area contributed by atoms with Gasteiger partial charge in [0.25, 0.3) is 0 Å². The first-order valence-corrected chi connectivity index (χ1v) is 13.2. The minimum Gasteiger partial charge on any atom is -0.238 e. The lowest BCUT2D eigenvalue weighted by Gasteiger charge is -2.17. The van der Waals surface area contributed by atoms with Crippen LogP contribution >= 0.6 is 0 Å². The topological polar surface area (TPSA) is 28.1 Å². The third-order valence-electron chi connectivity index (χ3n) is 7.71. The van der Waals surface area contributed by atoms with E-state index in [2.05, 4.69) is 89.8 Å². The van der Waals surface area contributed by atoms with E-state index in [1.807, 2.05) is 54.6 Å². The Hall–Kier alpha value is -5.70. The molecule has 184 valence electrons. The van der Waals surface area contributed by atoms with Gasteiger partial charge < -0.3 is 0 Å². The molecule has 0 aliphatic rings. The van der Waals surface area contributed by atoms with Gasteiger partial charge in [-0.3, -0.25) is 0 Å². The first-order valence-electron chi connectivity index (χ1n) is 13.2. The molecule has 0 aliphatic heterocycles. The highest BCUT2D eigenvalue weighted by molar-refractivity contribution is 6.24. The normalized spacial score (nSPS) is 10.9. The molecule has 0 N–H and O–H groups in total. The SMILES string of the molecule is [C-]#[N+]c1ccc(-c2cc3c4ccc(-c5ccccc5)cc4c(-c4ccc(C#N)cc4)cc3c3ccccc23)cc1. The molecule has 0 heterocycles. The Kier molecular flexibility index (Phi) is 5.59. The molecule has 0 spiro atoms. The summed E-state index contributed by atoms with van der Waals surface area (Å²) in [6, 6.07) is 48.3. The lowest BCUT2D eigenvalue weighted by molar-refractivity contribution is 1.48. The third-order valence-corrected chi connectivity index (χ3v) is 7.71. The molecule has 0 bridgehead atoms. The van der Waals surface area contributed by atoms with Crippen molar-refractivity contribution in [1.82, 2.24) is 0 Å². The fourth-order valence-corrected chi connectivity index (χ4v) is 5.73. The molecule has 0 aliphatic carbocycles. The van der Waals surface area contributed by atoms with Crippen molar-refractivity contribution in [2.45, 2.75) is 0 Å². The van der Waals surface area contributed by atoms with Crippen LogP contribution in [0.4, 0.5) is 5.69 Å². The summed E-state index contributed by atoms with van der Waals surface area (Å²) in [4.78, 5) is 3.57. The molecule has 7 aromatic rings. The first-order chi connectivity index (χ1) is 19.7. The Morgan fingerprint density at radius 2 is 1.00 bits per heavy atom. The highest BCUT2D eigenvalue weighted by atomic mass is 14.6. The summed E-state index contributed by atoms with van der Waals surface area (Å²) in [6.45, 7) is 7.35. The van der Waals surface area contributed by atoms with Crippen LogP contribution in [0, 0.1) is 17.9 Å². The Balaban J connectivity index is 1.59. The minimum absolute atomic E-state index is 0.639. The van der Waals surface area contributed by atoms with Gasteiger partial charge in [-0.25, -0.2) is 4.85 Å². The second kappa shape index (κ2) is 9.55. The highest BCUT2D eigenvalue weighted by Gasteiger charge is 2.15. The number of hydrogen-bond acceptors (Lipinski definition) is 1. The number of hydrogen-bond donors (Lipinski definition) is 0. The van der Waals surface area contributed by atoms with E-state index in [4.69, 9.17) is 6.57 Å². The second-order valence-electron chi connectivity index (χ2n) is 9.96. The molecule has 0 amide bonds. The Bertz CT molecular complexity index is 2140. The van der Waals surface area contributed by atoms with Gasteiger partial charge in [-0.2, -0.15) is 5.26 Å². The van der Waals surface area contributed by atoms with E-state index in [0.717, 1.165) is 27.8 Å². The van der Waals surface area contributed by atoms with Gasteiger partial charge in [-0.05, 0) is 96.0 Å². The van der Waals surface area contributed by atoms with Crippen LogP contribution in [0.3, 0.4) is 0 Å². The lowest BCUT2D eigenvalue weighted by Crippen LogP contribution is -1.90. The zero-order valence-electron chi connectivity index (χ0n) is 21.6. The van der Waals surface area contributed by atoms with Gasteiger partial charge >= 0.3 is 0 Å². The predicted octanol–water partition coefficient (Wildman–Crippen LogP) is 10.6. The van der Waals surface area contributed by atoms with Gasteiger partial charge in [0.05, 0.1) is 18.2 Å². The van der Waals surface area contributed by atoms with Crippen molar-refractivity contribution in [3.8, 4) is 39.4 Å². The average molecular weight is 507 g/mol. The zero-order chi connectivity index (χ0) is 27.1. The van der Waals surface area contributed by atoms with Gasteiger partial charge in [0.15, 0.2) is 5.69 Å². The maximum Gasteiger partial charge on any atom is 0.187 e. The summed E-state index contributed by atoms with van der Waals surface area (Å²) in [7, 11) is 0. The van der Waals surface area contributed by atoms with Gasteiger partial charge in [0.2, 0.25) is 0 Å². The third kappa shape index (κ3) is 3.88. The van der Waals surface area contributed by atoms with Gasteiger partial charge in [-0.1, -0.05) is 103 Å². The van der Waals surface area contributed by atoms with Crippen LogP contribution in [0.1, 0.15) is 5.56 Å².